The van der Waals surface area contributed by atoms with Crippen LogP contribution in [-0.4, -0.2) is 26.6 Å². The molecule has 0 aromatic rings. The van der Waals surface area contributed by atoms with Gasteiger partial charge in [-0.05, 0) is 56.3 Å². The highest BCUT2D eigenvalue weighted by Gasteiger charge is 2.54. The van der Waals surface area contributed by atoms with Crippen LogP contribution in [0.25, 0.3) is 0 Å². The fourth-order valence-electron chi connectivity index (χ4n) is 4.54. The molecule has 0 radical (unpaired) electrons. The van der Waals surface area contributed by atoms with Gasteiger partial charge in [-0.3, -0.25) is 4.79 Å². The first-order chi connectivity index (χ1) is 8.07. The number of nitrogens with one attached hydrogen (secondary N) is 1. The van der Waals surface area contributed by atoms with Crippen molar-refractivity contribution in [2.24, 2.45) is 17.8 Å². The number of aliphatic carboxylic acids is 1. The first kappa shape index (κ1) is 11.7. The van der Waals surface area contributed by atoms with Gasteiger partial charge < -0.3 is 5.11 Å². The van der Waals surface area contributed by atoms with Crippen molar-refractivity contribution in [3.05, 3.63) is 0 Å². The van der Waals surface area contributed by atoms with Crippen molar-refractivity contribution in [3.63, 3.8) is 0 Å². The zero-order valence-corrected chi connectivity index (χ0v) is 10.7. The lowest BCUT2D eigenvalue weighted by Crippen LogP contribution is -2.55. The molecular weight excluding hydrogens is 238 g/mol. The first-order valence-electron chi connectivity index (χ1n) is 6.44. The van der Waals surface area contributed by atoms with E-state index in [9.17, 15) is 9.00 Å². The predicted octanol–water partition coefficient (Wildman–Crippen LogP) is 1.29. The van der Waals surface area contributed by atoms with Crippen LogP contribution in [0.5, 0.6) is 0 Å². The minimum Gasteiger partial charge on any atom is -0.480 e. The Kier molecular flexibility index (Phi) is 2.78. The van der Waals surface area contributed by atoms with E-state index in [1.54, 1.807) is 0 Å². The van der Waals surface area contributed by atoms with Gasteiger partial charge in [0, 0.05) is 0 Å². The summed E-state index contributed by atoms with van der Waals surface area (Å²) in [5, 5.41) is 8.65. The van der Waals surface area contributed by atoms with E-state index in [1.165, 1.54) is 19.3 Å². The van der Waals surface area contributed by atoms with Crippen molar-refractivity contribution in [1.82, 2.24) is 4.72 Å². The topological polar surface area (TPSA) is 66.4 Å². The molecule has 96 valence electrons. The van der Waals surface area contributed by atoms with Crippen LogP contribution in [0.3, 0.4) is 0 Å². The smallest absolute Gasteiger partial charge is 0.318 e. The van der Waals surface area contributed by atoms with E-state index < -0.39 is 17.0 Å². The minimum absolute atomic E-state index is 0.107. The van der Waals surface area contributed by atoms with Gasteiger partial charge in [0.05, 0.1) is 15.7 Å². The Morgan fingerprint density at radius 2 is 1.65 bits per heavy atom. The van der Waals surface area contributed by atoms with Crippen LogP contribution in [-0.2, 0) is 15.8 Å². The molecule has 4 bridgehead atoms. The lowest BCUT2D eigenvalue weighted by molar-refractivity contribution is -0.135. The van der Waals surface area contributed by atoms with Gasteiger partial charge in [-0.15, -0.1) is 0 Å². The molecule has 4 aliphatic rings. The number of hydrogen-bond donors (Lipinski definition) is 2. The number of carbonyl (C=O) groups is 1. The second-order valence-electron chi connectivity index (χ2n) is 6.08. The molecule has 4 rings (SSSR count). The van der Waals surface area contributed by atoms with Crippen LogP contribution in [0, 0.1) is 17.8 Å². The first-order valence-corrected chi connectivity index (χ1v) is 7.59. The Morgan fingerprint density at radius 1 is 1.18 bits per heavy atom. The van der Waals surface area contributed by atoms with E-state index in [4.69, 9.17) is 5.11 Å². The molecule has 0 aromatic heterocycles. The fourth-order valence-corrected chi connectivity index (χ4v) is 6.26. The molecule has 1 unspecified atom stereocenters. The highest BCUT2D eigenvalue weighted by atomic mass is 32.2. The van der Waals surface area contributed by atoms with Crippen LogP contribution in [0.15, 0.2) is 0 Å². The molecule has 4 saturated carbocycles. The van der Waals surface area contributed by atoms with Gasteiger partial charge in [-0.2, -0.15) is 0 Å². The zero-order chi connectivity index (χ0) is 12.0. The molecule has 0 amide bonds. The summed E-state index contributed by atoms with van der Waals surface area (Å²) in [6.45, 7) is -0.186. The molecule has 4 nitrogen and oxygen atoms in total. The average Bonchev–Trinajstić information content (AvgIpc) is 2.23. The Labute approximate surface area is 104 Å². The highest BCUT2D eigenvalue weighted by Crippen LogP contribution is 2.57. The standard InChI is InChI=1S/C12H19NO3S/c14-11(15)7-13-17(16)12-4-8-1-9(5-12)3-10(2-8)6-12/h8-10,13H,1-7H2,(H,14,15). The van der Waals surface area contributed by atoms with Crippen LogP contribution in [0.2, 0.25) is 0 Å². The molecule has 0 heterocycles. The normalized spacial score (nSPS) is 44.8. The third-order valence-electron chi connectivity index (χ3n) is 4.73. The summed E-state index contributed by atoms with van der Waals surface area (Å²) in [5.41, 5.74) is 0. The van der Waals surface area contributed by atoms with E-state index in [2.05, 4.69) is 4.72 Å². The van der Waals surface area contributed by atoms with Gasteiger partial charge in [0.2, 0.25) is 0 Å². The molecule has 2 N–H and O–H groups in total. The van der Waals surface area contributed by atoms with Crippen molar-refractivity contribution in [1.29, 1.82) is 0 Å². The molecule has 4 aliphatic carbocycles. The molecule has 1 atom stereocenters. The lowest BCUT2D eigenvalue weighted by atomic mass is 9.56. The molecule has 0 aliphatic heterocycles. The molecule has 5 heteroatoms. The maximum Gasteiger partial charge on any atom is 0.318 e. The second-order valence-corrected chi connectivity index (χ2v) is 7.78. The Balaban J connectivity index is 1.73. The summed E-state index contributed by atoms with van der Waals surface area (Å²) in [4.78, 5) is 10.5. The van der Waals surface area contributed by atoms with Crippen molar-refractivity contribution >= 4 is 17.0 Å². The average molecular weight is 257 g/mol. The van der Waals surface area contributed by atoms with Crippen LogP contribution < -0.4 is 4.72 Å². The van der Waals surface area contributed by atoms with Crippen LogP contribution in [0.4, 0.5) is 0 Å². The second kappa shape index (κ2) is 4.05. The lowest BCUT2D eigenvalue weighted by Gasteiger charge is -2.55. The van der Waals surface area contributed by atoms with Crippen molar-refractivity contribution in [2.45, 2.75) is 43.3 Å². The molecule has 0 spiro atoms. The summed E-state index contributed by atoms with van der Waals surface area (Å²) in [7, 11) is -1.18. The van der Waals surface area contributed by atoms with Gasteiger partial charge in [-0.25, -0.2) is 8.93 Å². The maximum absolute atomic E-state index is 12.3. The van der Waals surface area contributed by atoms with E-state index in [0.717, 1.165) is 37.0 Å². The van der Waals surface area contributed by atoms with Crippen molar-refractivity contribution in [2.75, 3.05) is 6.54 Å². The quantitative estimate of drug-likeness (QED) is 0.797. The Morgan fingerprint density at radius 3 is 2.06 bits per heavy atom. The zero-order valence-electron chi connectivity index (χ0n) is 9.85. The van der Waals surface area contributed by atoms with Crippen molar-refractivity contribution in [3.8, 4) is 0 Å². The monoisotopic (exact) mass is 257 g/mol. The van der Waals surface area contributed by atoms with E-state index in [1.807, 2.05) is 0 Å². The summed E-state index contributed by atoms with van der Waals surface area (Å²) in [6.07, 6.45) is 7.06. The predicted molar refractivity (Wildman–Crippen MR) is 64.7 cm³/mol. The van der Waals surface area contributed by atoms with Gasteiger partial charge in [0.15, 0.2) is 0 Å². The minimum atomic E-state index is -1.18. The van der Waals surface area contributed by atoms with Gasteiger partial charge in [0.25, 0.3) is 0 Å². The number of carboxylic acid groups (broad SMARTS) is 1. The van der Waals surface area contributed by atoms with Crippen LogP contribution >= 0.6 is 0 Å². The van der Waals surface area contributed by atoms with Crippen LogP contribution in [0.1, 0.15) is 38.5 Å². The molecular formula is C12H19NO3S. The molecule has 4 fully saturated rings. The number of carboxylic acids is 1. The SMILES string of the molecule is O=C(O)CNS(=O)C12CC3CC(CC(C3)C1)C2. The molecule has 17 heavy (non-hydrogen) atoms. The Hall–Kier alpha value is -0.420. The number of rotatable bonds is 4. The maximum atomic E-state index is 12.3. The van der Waals surface area contributed by atoms with Gasteiger partial charge in [-0.1, -0.05) is 0 Å². The highest BCUT2D eigenvalue weighted by molar-refractivity contribution is 7.84. The van der Waals surface area contributed by atoms with E-state index >= 15 is 0 Å². The Bertz CT molecular complexity index is 333. The fraction of sp³-hybridized carbons (Fsp3) is 0.917. The molecule has 0 aromatic carbocycles. The number of hydrogen-bond acceptors (Lipinski definition) is 2. The van der Waals surface area contributed by atoms with E-state index in [0.29, 0.717) is 0 Å². The van der Waals surface area contributed by atoms with Gasteiger partial charge >= 0.3 is 5.97 Å². The summed E-state index contributed by atoms with van der Waals surface area (Å²) >= 11 is 0. The summed E-state index contributed by atoms with van der Waals surface area (Å²) < 4.78 is 14.9. The third kappa shape index (κ3) is 2.03. The summed E-state index contributed by atoms with van der Waals surface area (Å²) in [6, 6.07) is 0. The largest absolute Gasteiger partial charge is 0.480 e. The molecule has 0 saturated heterocycles. The summed E-state index contributed by atoms with van der Waals surface area (Å²) in [5.74, 6) is 1.31. The third-order valence-corrected chi connectivity index (χ3v) is 6.42. The van der Waals surface area contributed by atoms with Crippen molar-refractivity contribution < 1.29 is 14.1 Å². The van der Waals surface area contributed by atoms with Gasteiger partial charge in [0.1, 0.15) is 6.54 Å². The van der Waals surface area contributed by atoms with E-state index in [-0.39, 0.29) is 11.3 Å².